The van der Waals surface area contributed by atoms with Gasteiger partial charge in [0.1, 0.15) is 0 Å². The van der Waals surface area contributed by atoms with Crippen molar-refractivity contribution in [3.8, 4) is 0 Å². The van der Waals surface area contributed by atoms with Crippen LogP contribution in [0.15, 0.2) is 30.3 Å². The molecule has 0 bridgehead atoms. The Labute approximate surface area is 150 Å². The Hall–Kier alpha value is -2.04. The number of urea groups is 1. The molecule has 1 aliphatic heterocycles. The van der Waals surface area contributed by atoms with Crippen molar-refractivity contribution in [1.29, 1.82) is 0 Å². The van der Waals surface area contributed by atoms with Crippen LogP contribution in [0.4, 0.5) is 10.5 Å². The zero-order valence-electron chi connectivity index (χ0n) is 15.0. The number of carbonyl (C=O) groups excluding carboxylic acids is 2. The first-order valence-electron chi connectivity index (χ1n) is 9.55. The molecule has 1 aromatic carbocycles. The number of piperidine rings is 1. The zero-order chi connectivity index (χ0) is 17.6. The van der Waals surface area contributed by atoms with Crippen molar-refractivity contribution in [3.63, 3.8) is 0 Å². The number of anilines is 1. The van der Waals surface area contributed by atoms with Gasteiger partial charge in [-0.2, -0.15) is 0 Å². The van der Waals surface area contributed by atoms with E-state index in [4.69, 9.17) is 0 Å². The van der Waals surface area contributed by atoms with Gasteiger partial charge in [0, 0.05) is 30.7 Å². The van der Waals surface area contributed by atoms with Crippen molar-refractivity contribution in [1.82, 2.24) is 10.2 Å². The Balaban J connectivity index is 1.44. The lowest BCUT2D eigenvalue weighted by Gasteiger charge is -2.34. The molecule has 5 heteroatoms. The van der Waals surface area contributed by atoms with Crippen LogP contribution in [0.2, 0.25) is 0 Å². The number of carbonyl (C=O) groups is 2. The number of amides is 3. The minimum Gasteiger partial charge on any atom is -0.353 e. The van der Waals surface area contributed by atoms with Gasteiger partial charge in [0.05, 0.1) is 0 Å². The third-order valence-corrected chi connectivity index (χ3v) is 5.62. The summed E-state index contributed by atoms with van der Waals surface area (Å²) in [5.41, 5.74) is 0.804. The smallest absolute Gasteiger partial charge is 0.321 e. The van der Waals surface area contributed by atoms with Crippen LogP contribution in [0, 0.1) is 11.8 Å². The summed E-state index contributed by atoms with van der Waals surface area (Å²) in [6.07, 6.45) is 6.30. The first kappa shape index (κ1) is 17.8. The van der Waals surface area contributed by atoms with Gasteiger partial charge in [-0.1, -0.05) is 38.0 Å². The standard InChI is InChI=1S/C20H29N3O2/c1-15-7-5-6-10-18(15)22-19(24)16-11-13-23(14-12-16)20(25)21-17-8-3-2-4-9-17/h2-4,8-9,15-16,18H,5-7,10-14H2,1H3,(H,21,25)(H,22,24)/t15-,18-/m0/s1. The van der Waals surface area contributed by atoms with E-state index < -0.39 is 0 Å². The second-order valence-electron chi connectivity index (χ2n) is 7.43. The summed E-state index contributed by atoms with van der Waals surface area (Å²) in [5.74, 6) is 0.797. The van der Waals surface area contributed by atoms with E-state index >= 15 is 0 Å². The lowest BCUT2D eigenvalue weighted by atomic mass is 9.85. The molecule has 3 rings (SSSR count). The molecule has 1 aromatic rings. The van der Waals surface area contributed by atoms with Gasteiger partial charge in [0.15, 0.2) is 0 Å². The monoisotopic (exact) mass is 343 g/mol. The molecule has 1 heterocycles. The zero-order valence-corrected chi connectivity index (χ0v) is 15.0. The molecule has 25 heavy (non-hydrogen) atoms. The number of para-hydroxylation sites is 1. The molecule has 136 valence electrons. The SMILES string of the molecule is C[C@H]1CCCC[C@@H]1NC(=O)C1CCN(C(=O)Nc2ccccc2)CC1. The summed E-state index contributed by atoms with van der Waals surface area (Å²) in [5, 5.41) is 6.18. The maximum Gasteiger partial charge on any atom is 0.321 e. The highest BCUT2D eigenvalue weighted by Crippen LogP contribution is 2.25. The van der Waals surface area contributed by atoms with Gasteiger partial charge < -0.3 is 15.5 Å². The van der Waals surface area contributed by atoms with Gasteiger partial charge in [0.2, 0.25) is 5.91 Å². The first-order valence-corrected chi connectivity index (χ1v) is 9.55. The molecule has 0 spiro atoms. The number of nitrogens with one attached hydrogen (secondary N) is 2. The Morgan fingerprint density at radius 3 is 2.36 bits per heavy atom. The molecule has 1 saturated heterocycles. The van der Waals surface area contributed by atoms with Crippen LogP contribution in [0.25, 0.3) is 0 Å². The van der Waals surface area contributed by atoms with E-state index in [2.05, 4.69) is 17.6 Å². The lowest BCUT2D eigenvalue weighted by molar-refractivity contribution is -0.127. The molecular formula is C20H29N3O2. The number of hydrogen-bond donors (Lipinski definition) is 2. The highest BCUT2D eigenvalue weighted by molar-refractivity contribution is 5.89. The number of likely N-dealkylation sites (tertiary alicyclic amines) is 1. The summed E-state index contributed by atoms with van der Waals surface area (Å²) in [4.78, 5) is 26.7. The largest absolute Gasteiger partial charge is 0.353 e. The fraction of sp³-hybridized carbons (Fsp3) is 0.600. The molecule has 2 fully saturated rings. The van der Waals surface area contributed by atoms with E-state index in [0.717, 1.165) is 24.9 Å². The molecule has 5 nitrogen and oxygen atoms in total. The summed E-state index contributed by atoms with van der Waals surface area (Å²) >= 11 is 0. The van der Waals surface area contributed by atoms with Crippen LogP contribution in [-0.4, -0.2) is 36.0 Å². The molecule has 0 radical (unpaired) electrons. The number of nitrogens with zero attached hydrogens (tertiary/aromatic N) is 1. The summed E-state index contributed by atoms with van der Waals surface area (Å²) in [6, 6.07) is 9.74. The van der Waals surface area contributed by atoms with Crippen LogP contribution in [0.3, 0.4) is 0 Å². The van der Waals surface area contributed by atoms with E-state index in [1.807, 2.05) is 30.3 Å². The quantitative estimate of drug-likeness (QED) is 0.880. The second-order valence-corrected chi connectivity index (χ2v) is 7.43. The molecule has 0 aromatic heterocycles. The average Bonchev–Trinajstić information content (AvgIpc) is 2.64. The third-order valence-electron chi connectivity index (χ3n) is 5.62. The van der Waals surface area contributed by atoms with Crippen molar-refractivity contribution in [2.24, 2.45) is 11.8 Å². The van der Waals surface area contributed by atoms with Crippen molar-refractivity contribution < 1.29 is 9.59 Å². The lowest BCUT2D eigenvalue weighted by Crippen LogP contribution is -2.48. The Morgan fingerprint density at radius 1 is 1.00 bits per heavy atom. The van der Waals surface area contributed by atoms with Crippen LogP contribution in [0.1, 0.15) is 45.4 Å². The van der Waals surface area contributed by atoms with E-state index in [-0.39, 0.29) is 17.9 Å². The van der Waals surface area contributed by atoms with Crippen molar-refractivity contribution in [3.05, 3.63) is 30.3 Å². The first-order chi connectivity index (χ1) is 12.1. The predicted molar refractivity (Wildman–Crippen MR) is 99.3 cm³/mol. The van der Waals surface area contributed by atoms with Crippen molar-refractivity contribution in [2.45, 2.75) is 51.5 Å². The molecule has 0 unspecified atom stereocenters. The van der Waals surface area contributed by atoms with E-state index in [1.165, 1.54) is 19.3 Å². The minimum atomic E-state index is -0.0778. The molecule has 1 aliphatic carbocycles. The molecule has 2 atom stereocenters. The van der Waals surface area contributed by atoms with Gasteiger partial charge in [-0.15, -0.1) is 0 Å². The van der Waals surface area contributed by atoms with Gasteiger partial charge in [0.25, 0.3) is 0 Å². The van der Waals surface area contributed by atoms with E-state index in [9.17, 15) is 9.59 Å². The van der Waals surface area contributed by atoms with Crippen molar-refractivity contribution >= 4 is 17.6 Å². The van der Waals surface area contributed by atoms with Crippen LogP contribution >= 0.6 is 0 Å². The fourth-order valence-electron chi connectivity index (χ4n) is 3.90. The van der Waals surface area contributed by atoms with Gasteiger partial charge >= 0.3 is 6.03 Å². The predicted octanol–water partition coefficient (Wildman–Crippen LogP) is 3.63. The van der Waals surface area contributed by atoms with Crippen LogP contribution < -0.4 is 10.6 Å². The maximum atomic E-state index is 12.5. The number of hydrogen-bond acceptors (Lipinski definition) is 2. The Bertz CT molecular complexity index is 582. The minimum absolute atomic E-state index is 0.0369. The van der Waals surface area contributed by atoms with Gasteiger partial charge in [-0.25, -0.2) is 4.79 Å². The molecule has 3 amide bonds. The molecule has 2 aliphatic rings. The topological polar surface area (TPSA) is 61.4 Å². The fourth-order valence-corrected chi connectivity index (χ4v) is 3.90. The summed E-state index contributed by atoms with van der Waals surface area (Å²) in [6.45, 7) is 3.51. The Morgan fingerprint density at radius 2 is 1.68 bits per heavy atom. The molecular weight excluding hydrogens is 314 g/mol. The number of rotatable bonds is 3. The second kappa shape index (κ2) is 8.37. The average molecular weight is 343 g/mol. The van der Waals surface area contributed by atoms with E-state index in [0.29, 0.717) is 25.0 Å². The van der Waals surface area contributed by atoms with Crippen molar-refractivity contribution in [2.75, 3.05) is 18.4 Å². The molecule has 2 N–H and O–H groups in total. The maximum absolute atomic E-state index is 12.5. The van der Waals surface area contributed by atoms with Crippen LogP contribution in [-0.2, 0) is 4.79 Å². The highest BCUT2D eigenvalue weighted by Gasteiger charge is 2.30. The van der Waals surface area contributed by atoms with Crippen LogP contribution in [0.5, 0.6) is 0 Å². The Kier molecular flexibility index (Phi) is 5.95. The van der Waals surface area contributed by atoms with Gasteiger partial charge in [-0.3, -0.25) is 4.79 Å². The molecule has 1 saturated carbocycles. The summed E-state index contributed by atoms with van der Waals surface area (Å²) < 4.78 is 0. The normalized spacial score (nSPS) is 24.6. The van der Waals surface area contributed by atoms with Gasteiger partial charge in [-0.05, 0) is 43.7 Å². The number of benzene rings is 1. The third kappa shape index (κ3) is 4.74. The highest BCUT2D eigenvalue weighted by atomic mass is 16.2. The summed E-state index contributed by atoms with van der Waals surface area (Å²) in [7, 11) is 0. The van der Waals surface area contributed by atoms with E-state index in [1.54, 1.807) is 4.90 Å².